The largest absolute Gasteiger partial charge is 0.409 e. The van der Waals surface area contributed by atoms with Gasteiger partial charge < -0.3 is 16.3 Å². The Hall–Kier alpha value is -1.92. The molecule has 0 aliphatic carbocycles. The molecule has 0 unspecified atom stereocenters. The lowest BCUT2D eigenvalue weighted by Gasteiger charge is -2.06. The number of nitrogens with one attached hydrogen (secondary N) is 1. The predicted molar refractivity (Wildman–Crippen MR) is 73.8 cm³/mol. The Morgan fingerprint density at radius 2 is 2.11 bits per heavy atom. The summed E-state index contributed by atoms with van der Waals surface area (Å²) in [5.74, 6) is -0.505. The number of oxime groups is 1. The van der Waals surface area contributed by atoms with Crippen molar-refractivity contribution >= 4 is 17.2 Å². The van der Waals surface area contributed by atoms with Gasteiger partial charge in [-0.3, -0.25) is 0 Å². The average molecular weight is 279 g/mol. The van der Waals surface area contributed by atoms with Crippen molar-refractivity contribution in [1.29, 1.82) is 0 Å². The molecule has 0 saturated heterocycles. The first-order valence-electron chi connectivity index (χ1n) is 5.68. The molecule has 100 valence electrons. The van der Waals surface area contributed by atoms with Gasteiger partial charge in [0, 0.05) is 18.7 Å². The highest BCUT2D eigenvalue weighted by Gasteiger charge is 2.05. The van der Waals surface area contributed by atoms with E-state index < -0.39 is 5.82 Å². The lowest BCUT2D eigenvalue weighted by Crippen LogP contribution is -2.16. The molecule has 0 amide bonds. The molecule has 4 nitrogen and oxygen atoms in total. The number of halogens is 1. The molecule has 6 heteroatoms. The van der Waals surface area contributed by atoms with Gasteiger partial charge in [-0.1, -0.05) is 5.16 Å². The second-order valence-electron chi connectivity index (χ2n) is 4.07. The maximum atomic E-state index is 13.4. The summed E-state index contributed by atoms with van der Waals surface area (Å²) < 4.78 is 13.4. The molecule has 0 bridgehead atoms. The molecule has 0 aliphatic rings. The van der Waals surface area contributed by atoms with Crippen molar-refractivity contribution in [2.75, 3.05) is 0 Å². The Kier molecular flexibility index (Phi) is 4.48. The van der Waals surface area contributed by atoms with E-state index in [2.05, 4.69) is 15.9 Å². The zero-order chi connectivity index (χ0) is 13.7. The fourth-order valence-corrected chi connectivity index (χ4v) is 2.37. The smallest absolute Gasteiger partial charge is 0.170 e. The van der Waals surface area contributed by atoms with Crippen LogP contribution in [0.5, 0.6) is 0 Å². The van der Waals surface area contributed by atoms with E-state index in [0.29, 0.717) is 12.1 Å². The minimum Gasteiger partial charge on any atom is -0.409 e. The van der Waals surface area contributed by atoms with Crippen molar-refractivity contribution in [3.63, 3.8) is 0 Å². The zero-order valence-electron chi connectivity index (χ0n) is 10.1. The fraction of sp³-hybridized carbons (Fsp3) is 0.154. The number of nitrogens with zero attached hydrogens (tertiary/aromatic N) is 1. The number of hydrogen-bond acceptors (Lipinski definition) is 4. The monoisotopic (exact) mass is 279 g/mol. The molecule has 0 saturated carbocycles. The summed E-state index contributed by atoms with van der Waals surface area (Å²) in [5.41, 5.74) is 7.76. The molecule has 0 aliphatic heterocycles. The minimum atomic E-state index is -0.406. The van der Waals surface area contributed by atoms with E-state index in [4.69, 9.17) is 10.9 Å². The van der Waals surface area contributed by atoms with Crippen LogP contribution in [0.15, 0.2) is 40.2 Å². The van der Waals surface area contributed by atoms with Crippen LogP contribution in [-0.4, -0.2) is 11.0 Å². The minimum absolute atomic E-state index is 0.0985. The van der Waals surface area contributed by atoms with E-state index in [1.807, 2.05) is 11.4 Å². The Bertz CT molecular complexity index is 569. The molecule has 0 fully saturated rings. The van der Waals surface area contributed by atoms with Crippen molar-refractivity contribution in [3.05, 3.63) is 57.5 Å². The maximum Gasteiger partial charge on any atom is 0.170 e. The zero-order valence-corrected chi connectivity index (χ0v) is 11.0. The number of hydrogen-bond donors (Lipinski definition) is 3. The third-order valence-corrected chi connectivity index (χ3v) is 3.33. The summed E-state index contributed by atoms with van der Waals surface area (Å²) in [4.78, 5) is 0. The summed E-state index contributed by atoms with van der Waals surface area (Å²) >= 11 is 1.64. The normalized spacial score (nSPS) is 11.7. The Labute approximate surface area is 114 Å². The van der Waals surface area contributed by atoms with Gasteiger partial charge in [-0.05, 0) is 46.2 Å². The van der Waals surface area contributed by atoms with Crippen molar-refractivity contribution in [2.45, 2.75) is 13.1 Å². The first kappa shape index (κ1) is 13.5. The number of benzene rings is 1. The van der Waals surface area contributed by atoms with Crippen LogP contribution in [-0.2, 0) is 13.1 Å². The first-order chi connectivity index (χ1) is 9.19. The van der Waals surface area contributed by atoms with Crippen LogP contribution in [0.1, 0.15) is 16.7 Å². The van der Waals surface area contributed by atoms with E-state index in [1.165, 1.54) is 17.7 Å². The highest BCUT2D eigenvalue weighted by Crippen LogP contribution is 2.10. The van der Waals surface area contributed by atoms with Gasteiger partial charge in [-0.25, -0.2) is 4.39 Å². The van der Waals surface area contributed by atoms with Crippen LogP contribution in [0.4, 0.5) is 4.39 Å². The van der Waals surface area contributed by atoms with E-state index in [0.717, 1.165) is 12.1 Å². The first-order valence-corrected chi connectivity index (χ1v) is 6.62. The lowest BCUT2D eigenvalue weighted by molar-refractivity contribution is 0.318. The van der Waals surface area contributed by atoms with Crippen LogP contribution in [0.3, 0.4) is 0 Å². The Balaban J connectivity index is 2.02. The quantitative estimate of drug-likeness (QED) is 0.340. The summed E-state index contributed by atoms with van der Waals surface area (Å²) in [6, 6.07) is 6.38. The summed E-state index contributed by atoms with van der Waals surface area (Å²) in [7, 11) is 0. The molecular formula is C13H14FN3OS. The lowest BCUT2D eigenvalue weighted by atomic mass is 10.1. The van der Waals surface area contributed by atoms with Crippen LogP contribution < -0.4 is 11.1 Å². The predicted octanol–water partition coefficient (Wildman–Crippen LogP) is 2.27. The summed E-state index contributed by atoms with van der Waals surface area (Å²) in [6.07, 6.45) is 0. The Morgan fingerprint density at radius 3 is 2.79 bits per heavy atom. The number of amidine groups is 1. The molecule has 4 N–H and O–H groups in total. The Morgan fingerprint density at radius 1 is 1.32 bits per heavy atom. The van der Waals surface area contributed by atoms with Gasteiger partial charge in [0.05, 0.1) is 0 Å². The molecule has 0 atom stereocenters. The molecule has 19 heavy (non-hydrogen) atoms. The highest BCUT2D eigenvalue weighted by molar-refractivity contribution is 7.07. The highest BCUT2D eigenvalue weighted by atomic mass is 32.1. The van der Waals surface area contributed by atoms with E-state index in [1.54, 1.807) is 17.4 Å². The van der Waals surface area contributed by atoms with Gasteiger partial charge in [0.1, 0.15) is 5.82 Å². The van der Waals surface area contributed by atoms with Crippen molar-refractivity contribution in [1.82, 2.24) is 5.32 Å². The fourth-order valence-electron chi connectivity index (χ4n) is 1.70. The van der Waals surface area contributed by atoms with Crippen LogP contribution in [0, 0.1) is 5.82 Å². The number of thiophene rings is 1. The second kappa shape index (κ2) is 6.31. The SMILES string of the molecule is N/C(=N/O)c1cc(F)cc(CNCc2ccsc2)c1. The van der Waals surface area contributed by atoms with Gasteiger partial charge >= 0.3 is 0 Å². The molecule has 0 radical (unpaired) electrons. The van der Waals surface area contributed by atoms with Crippen LogP contribution in [0.2, 0.25) is 0 Å². The van der Waals surface area contributed by atoms with E-state index in [-0.39, 0.29) is 5.84 Å². The van der Waals surface area contributed by atoms with Crippen molar-refractivity contribution in [3.8, 4) is 0 Å². The average Bonchev–Trinajstić information content (AvgIpc) is 2.90. The molecule has 1 aromatic carbocycles. The topological polar surface area (TPSA) is 70.6 Å². The summed E-state index contributed by atoms with van der Waals surface area (Å²) in [6.45, 7) is 1.23. The van der Waals surface area contributed by atoms with Crippen molar-refractivity contribution in [2.24, 2.45) is 10.9 Å². The van der Waals surface area contributed by atoms with Gasteiger partial charge in [0.2, 0.25) is 0 Å². The van der Waals surface area contributed by atoms with Gasteiger partial charge in [0.25, 0.3) is 0 Å². The summed E-state index contributed by atoms with van der Waals surface area (Å²) in [5, 5.41) is 18.7. The molecule has 1 heterocycles. The van der Waals surface area contributed by atoms with Crippen LogP contribution in [0.25, 0.3) is 0 Å². The standard InChI is InChI=1S/C13H14FN3OS/c14-12-4-10(3-11(5-12)13(15)17-18)7-16-6-9-1-2-19-8-9/h1-5,8,16,18H,6-7H2,(H2,15,17). The number of nitrogens with two attached hydrogens (primary N) is 1. The number of rotatable bonds is 5. The van der Waals surface area contributed by atoms with Gasteiger partial charge in [0.15, 0.2) is 5.84 Å². The molecule has 0 spiro atoms. The van der Waals surface area contributed by atoms with Crippen LogP contribution >= 0.6 is 11.3 Å². The molecule has 2 rings (SSSR count). The molecule has 2 aromatic rings. The molecule has 1 aromatic heterocycles. The van der Waals surface area contributed by atoms with Gasteiger partial charge in [-0.15, -0.1) is 0 Å². The van der Waals surface area contributed by atoms with Gasteiger partial charge in [-0.2, -0.15) is 11.3 Å². The molecular weight excluding hydrogens is 265 g/mol. The van der Waals surface area contributed by atoms with Crippen molar-refractivity contribution < 1.29 is 9.60 Å². The second-order valence-corrected chi connectivity index (χ2v) is 4.85. The van der Waals surface area contributed by atoms with E-state index >= 15 is 0 Å². The third-order valence-electron chi connectivity index (χ3n) is 2.60. The van der Waals surface area contributed by atoms with E-state index in [9.17, 15) is 4.39 Å². The third kappa shape index (κ3) is 3.77. The maximum absolute atomic E-state index is 13.4.